The molecule has 0 bridgehead atoms. The second kappa shape index (κ2) is 4.86. The molecule has 0 spiro atoms. The summed E-state index contributed by atoms with van der Waals surface area (Å²) in [6, 6.07) is 8.21. The first-order valence-electron chi connectivity index (χ1n) is 5.00. The summed E-state index contributed by atoms with van der Waals surface area (Å²) in [6.07, 6.45) is 0. The number of rotatable bonds is 2. The van der Waals surface area contributed by atoms with Gasteiger partial charge >= 0.3 is 0 Å². The molecular weight excluding hydrogens is 298 g/mol. The number of halogens is 1. The summed E-state index contributed by atoms with van der Waals surface area (Å²) in [4.78, 5) is 0. The number of benzene rings is 1. The van der Waals surface area contributed by atoms with Crippen molar-refractivity contribution in [1.29, 1.82) is 5.26 Å². The third-order valence-electron chi connectivity index (χ3n) is 2.27. The van der Waals surface area contributed by atoms with Gasteiger partial charge in [-0.25, -0.2) is 0 Å². The highest BCUT2D eigenvalue weighted by atomic mass is 79.9. The third kappa shape index (κ3) is 2.65. The van der Waals surface area contributed by atoms with Gasteiger partial charge in [0.15, 0.2) is 0 Å². The van der Waals surface area contributed by atoms with E-state index in [2.05, 4.69) is 31.7 Å². The number of aromatic nitrogens is 1. The largest absolute Gasteiger partial charge is 0.345 e. The molecule has 0 saturated heterocycles. The predicted octanol–water partition coefficient (Wildman–Crippen LogP) is 4.14. The van der Waals surface area contributed by atoms with Gasteiger partial charge in [-0.05, 0) is 49.1 Å². The lowest BCUT2D eigenvalue weighted by Gasteiger charge is -2.05. The summed E-state index contributed by atoms with van der Waals surface area (Å²) in [7, 11) is 0. The van der Waals surface area contributed by atoms with Crippen LogP contribution < -0.4 is 5.32 Å². The SMILES string of the molecule is Cc1cc(Br)cc(Nc2snc(C)c2C#N)c1. The van der Waals surface area contributed by atoms with Crippen LogP contribution in [0.2, 0.25) is 0 Å². The molecule has 1 N–H and O–H groups in total. The Kier molecular flexibility index (Phi) is 3.46. The van der Waals surface area contributed by atoms with Gasteiger partial charge in [-0.15, -0.1) is 0 Å². The summed E-state index contributed by atoms with van der Waals surface area (Å²) in [5.74, 6) is 0. The monoisotopic (exact) mass is 307 g/mol. The van der Waals surface area contributed by atoms with Crippen LogP contribution in [0.25, 0.3) is 0 Å². The molecule has 2 rings (SSSR count). The molecule has 1 aromatic carbocycles. The standard InChI is InChI=1S/C12H10BrN3S/c1-7-3-9(13)5-10(4-7)15-12-11(6-14)8(2)16-17-12/h3-5,15H,1-2H3. The third-order valence-corrected chi connectivity index (χ3v) is 3.59. The Bertz CT molecular complexity index is 578. The van der Waals surface area contributed by atoms with Gasteiger partial charge < -0.3 is 5.32 Å². The number of nitriles is 1. The zero-order valence-corrected chi connectivity index (χ0v) is 11.8. The summed E-state index contributed by atoms with van der Waals surface area (Å²) >= 11 is 4.76. The van der Waals surface area contributed by atoms with Gasteiger partial charge in [0.2, 0.25) is 0 Å². The van der Waals surface area contributed by atoms with Crippen LogP contribution in [-0.4, -0.2) is 4.37 Å². The van der Waals surface area contributed by atoms with E-state index in [1.165, 1.54) is 11.5 Å². The molecule has 0 radical (unpaired) electrons. The van der Waals surface area contributed by atoms with E-state index in [9.17, 15) is 0 Å². The minimum Gasteiger partial charge on any atom is -0.345 e. The molecular formula is C12H10BrN3S. The molecule has 0 aliphatic carbocycles. The normalized spacial score (nSPS) is 10.0. The van der Waals surface area contributed by atoms with Gasteiger partial charge in [0.05, 0.1) is 5.69 Å². The van der Waals surface area contributed by atoms with Crippen molar-refractivity contribution in [1.82, 2.24) is 4.37 Å². The Morgan fingerprint density at radius 1 is 1.35 bits per heavy atom. The topological polar surface area (TPSA) is 48.7 Å². The van der Waals surface area contributed by atoms with Crippen molar-refractivity contribution in [2.24, 2.45) is 0 Å². The molecule has 86 valence electrons. The zero-order chi connectivity index (χ0) is 12.4. The molecule has 5 heteroatoms. The van der Waals surface area contributed by atoms with Crippen molar-refractivity contribution in [3.63, 3.8) is 0 Å². The van der Waals surface area contributed by atoms with Gasteiger partial charge in [0.1, 0.15) is 16.6 Å². The van der Waals surface area contributed by atoms with Gasteiger partial charge in [0, 0.05) is 10.2 Å². The molecule has 0 aliphatic rings. The highest BCUT2D eigenvalue weighted by Gasteiger charge is 2.10. The maximum absolute atomic E-state index is 9.04. The summed E-state index contributed by atoms with van der Waals surface area (Å²) < 4.78 is 5.19. The minimum atomic E-state index is 0.618. The second-order valence-corrected chi connectivity index (χ2v) is 5.42. The lowest BCUT2D eigenvalue weighted by Crippen LogP contribution is -1.91. The van der Waals surface area contributed by atoms with Crippen LogP contribution >= 0.6 is 27.5 Å². The average Bonchev–Trinajstić information content (AvgIpc) is 2.57. The van der Waals surface area contributed by atoms with E-state index < -0.39 is 0 Å². The average molecular weight is 308 g/mol. The van der Waals surface area contributed by atoms with Crippen LogP contribution in [0.3, 0.4) is 0 Å². The molecule has 0 atom stereocenters. The molecule has 0 unspecified atom stereocenters. The van der Waals surface area contributed by atoms with Crippen LogP contribution in [0.15, 0.2) is 22.7 Å². The van der Waals surface area contributed by atoms with Crippen LogP contribution in [0, 0.1) is 25.2 Å². The van der Waals surface area contributed by atoms with Crippen molar-refractivity contribution >= 4 is 38.2 Å². The van der Waals surface area contributed by atoms with Gasteiger partial charge in [-0.3, -0.25) is 0 Å². The van der Waals surface area contributed by atoms with Crippen LogP contribution in [0.4, 0.5) is 10.7 Å². The zero-order valence-electron chi connectivity index (χ0n) is 9.41. The lowest BCUT2D eigenvalue weighted by atomic mass is 10.2. The molecule has 17 heavy (non-hydrogen) atoms. The highest BCUT2D eigenvalue weighted by Crippen LogP contribution is 2.29. The first-order valence-corrected chi connectivity index (χ1v) is 6.57. The fraction of sp³-hybridized carbons (Fsp3) is 0.167. The Hall–Kier alpha value is -1.38. The van der Waals surface area contributed by atoms with E-state index in [1.807, 2.05) is 32.0 Å². The molecule has 0 aliphatic heterocycles. The fourth-order valence-electron chi connectivity index (χ4n) is 1.53. The molecule has 0 saturated carbocycles. The Morgan fingerprint density at radius 3 is 2.76 bits per heavy atom. The van der Waals surface area contributed by atoms with Crippen molar-refractivity contribution in [2.75, 3.05) is 5.32 Å². The summed E-state index contributed by atoms with van der Waals surface area (Å²) in [5.41, 5.74) is 3.50. The van der Waals surface area contributed by atoms with Gasteiger partial charge in [0.25, 0.3) is 0 Å². The fourth-order valence-corrected chi connectivity index (χ4v) is 2.90. The first-order chi connectivity index (χ1) is 8.10. The molecule has 3 nitrogen and oxygen atoms in total. The first kappa shape index (κ1) is 12.1. The number of anilines is 2. The number of hydrogen-bond donors (Lipinski definition) is 1. The van der Waals surface area contributed by atoms with E-state index in [1.54, 1.807) is 0 Å². The predicted molar refractivity (Wildman–Crippen MR) is 73.7 cm³/mol. The Labute approximate surface area is 112 Å². The number of hydrogen-bond acceptors (Lipinski definition) is 4. The van der Waals surface area contributed by atoms with Crippen molar-refractivity contribution < 1.29 is 0 Å². The van der Waals surface area contributed by atoms with Crippen molar-refractivity contribution in [3.8, 4) is 6.07 Å². The Balaban J connectivity index is 2.35. The van der Waals surface area contributed by atoms with E-state index in [-0.39, 0.29) is 0 Å². The second-order valence-electron chi connectivity index (χ2n) is 3.73. The molecule has 2 aromatic rings. The van der Waals surface area contributed by atoms with E-state index >= 15 is 0 Å². The molecule has 0 amide bonds. The summed E-state index contributed by atoms with van der Waals surface area (Å²) in [6.45, 7) is 3.87. The molecule has 0 fully saturated rings. The van der Waals surface area contributed by atoms with E-state index in [0.717, 1.165) is 26.4 Å². The summed E-state index contributed by atoms with van der Waals surface area (Å²) in [5, 5.41) is 13.1. The maximum atomic E-state index is 9.04. The van der Waals surface area contributed by atoms with Crippen molar-refractivity contribution in [2.45, 2.75) is 13.8 Å². The van der Waals surface area contributed by atoms with Gasteiger partial charge in [-0.2, -0.15) is 9.64 Å². The van der Waals surface area contributed by atoms with Crippen molar-refractivity contribution in [3.05, 3.63) is 39.5 Å². The van der Waals surface area contributed by atoms with E-state index in [0.29, 0.717) is 5.56 Å². The number of nitrogens with one attached hydrogen (secondary N) is 1. The van der Waals surface area contributed by atoms with Crippen LogP contribution in [-0.2, 0) is 0 Å². The van der Waals surface area contributed by atoms with Gasteiger partial charge in [-0.1, -0.05) is 15.9 Å². The lowest BCUT2D eigenvalue weighted by molar-refractivity contribution is 1.31. The number of nitrogens with zero attached hydrogens (tertiary/aromatic N) is 2. The molecule has 1 heterocycles. The Morgan fingerprint density at radius 2 is 2.12 bits per heavy atom. The maximum Gasteiger partial charge on any atom is 0.132 e. The quantitative estimate of drug-likeness (QED) is 0.907. The minimum absolute atomic E-state index is 0.618. The number of aryl methyl sites for hydroxylation is 2. The van der Waals surface area contributed by atoms with Crippen LogP contribution in [0.1, 0.15) is 16.8 Å². The van der Waals surface area contributed by atoms with Crippen LogP contribution in [0.5, 0.6) is 0 Å². The smallest absolute Gasteiger partial charge is 0.132 e. The molecule has 1 aromatic heterocycles. The highest BCUT2D eigenvalue weighted by molar-refractivity contribution is 9.10. The van der Waals surface area contributed by atoms with E-state index in [4.69, 9.17) is 5.26 Å².